The number of ketones is 1. The Kier molecular flexibility index (Phi) is 3.89. The predicted molar refractivity (Wildman–Crippen MR) is 91.6 cm³/mol. The summed E-state index contributed by atoms with van der Waals surface area (Å²) in [5.74, 6) is -0.322. The van der Waals surface area contributed by atoms with Crippen molar-refractivity contribution in [3.05, 3.63) is 81.3 Å². The number of aromatic amines is 1. The van der Waals surface area contributed by atoms with E-state index in [9.17, 15) is 9.59 Å². The van der Waals surface area contributed by atoms with E-state index in [1.165, 1.54) is 6.08 Å². The lowest BCUT2D eigenvalue weighted by atomic mass is 10.0. The van der Waals surface area contributed by atoms with E-state index in [0.29, 0.717) is 16.6 Å². The zero-order valence-corrected chi connectivity index (χ0v) is 13.0. The van der Waals surface area contributed by atoms with Gasteiger partial charge in [0.2, 0.25) is 0 Å². The summed E-state index contributed by atoms with van der Waals surface area (Å²) >= 11 is 0. The van der Waals surface area contributed by atoms with Crippen LogP contribution in [-0.4, -0.2) is 15.8 Å². The van der Waals surface area contributed by atoms with Crippen LogP contribution in [0, 0.1) is 13.8 Å². The fourth-order valence-corrected chi connectivity index (χ4v) is 2.51. The molecule has 23 heavy (non-hydrogen) atoms. The van der Waals surface area contributed by atoms with E-state index in [4.69, 9.17) is 0 Å². The molecule has 3 rings (SSSR count). The van der Waals surface area contributed by atoms with Crippen LogP contribution in [0.15, 0.2) is 53.5 Å². The molecule has 0 saturated heterocycles. The highest BCUT2D eigenvalue weighted by Gasteiger charge is 2.15. The Morgan fingerprint density at radius 2 is 1.87 bits per heavy atom. The first-order valence-corrected chi connectivity index (χ1v) is 7.33. The Bertz CT molecular complexity index is 967. The van der Waals surface area contributed by atoms with Crippen molar-refractivity contribution in [1.29, 1.82) is 0 Å². The number of hydrogen-bond donors (Lipinski definition) is 1. The molecular weight excluding hydrogens is 288 g/mol. The van der Waals surface area contributed by atoms with Crippen LogP contribution >= 0.6 is 0 Å². The monoisotopic (exact) mass is 304 g/mol. The Morgan fingerprint density at radius 3 is 2.61 bits per heavy atom. The number of rotatable bonds is 3. The zero-order valence-electron chi connectivity index (χ0n) is 13.0. The van der Waals surface area contributed by atoms with Crippen molar-refractivity contribution >= 4 is 22.9 Å². The van der Waals surface area contributed by atoms with Gasteiger partial charge in [-0.3, -0.25) is 14.6 Å². The van der Waals surface area contributed by atoms with Gasteiger partial charge in [0.15, 0.2) is 5.78 Å². The molecule has 3 aromatic rings. The molecule has 1 N–H and O–H groups in total. The molecule has 0 aliphatic carbocycles. The first-order chi connectivity index (χ1) is 11.1. The minimum atomic E-state index is -0.387. The Balaban J connectivity index is 2.01. The summed E-state index contributed by atoms with van der Waals surface area (Å²) in [5.41, 5.74) is 3.69. The minimum Gasteiger partial charge on any atom is -0.320 e. The molecule has 0 bridgehead atoms. The van der Waals surface area contributed by atoms with Crippen LogP contribution in [0.5, 0.6) is 0 Å². The average molecular weight is 304 g/mol. The number of fused-ring (bicyclic) bond motifs is 1. The Morgan fingerprint density at radius 1 is 1.13 bits per heavy atom. The third-order valence-corrected chi connectivity index (χ3v) is 3.76. The summed E-state index contributed by atoms with van der Waals surface area (Å²) in [6.45, 7) is 3.75. The van der Waals surface area contributed by atoms with Gasteiger partial charge in [0.1, 0.15) is 0 Å². The van der Waals surface area contributed by atoms with Gasteiger partial charge in [0.25, 0.3) is 5.56 Å². The maximum atomic E-state index is 12.4. The molecule has 0 unspecified atom stereocenters. The van der Waals surface area contributed by atoms with Crippen LogP contribution < -0.4 is 5.56 Å². The topological polar surface area (TPSA) is 62.8 Å². The van der Waals surface area contributed by atoms with Crippen LogP contribution in [0.3, 0.4) is 0 Å². The highest BCUT2D eigenvalue weighted by Crippen LogP contribution is 2.15. The number of carbonyl (C=O) groups excluding carboxylic acids is 1. The molecule has 1 aromatic carbocycles. The third-order valence-electron chi connectivity index (χ3n) is 3.76. The molecule has 2 heterocycles. The van der Waals surface area contributed by atoms with E-state index < -0.39 is 0 Å². The second kappa shape index (κ2) is 6.01. The van der Waals surface area contributed by atoms with Crippen LogP contribution in [0.1, 0.15) is 27.0 Å². The number of benzene rings is 1. The summed E-state index contributed by atoms with van der Waals surface area (Å²) in [7, 11) is 0. The van der Waals surface area contributed by atoms with Gasteiger partial charge in [-0.2, -0.15) is 0 Å². The van der Waals surface area contributed by atoms with Crippen molar-refractivity contribution in [3.63, 3.8) is 0 Å². The molecule has 0 aliphatic rings. The summed E-state index contributed by atoms with van der Waals surface area (Å²) in [6.07, 6.45) is 4.78. The standard InChI is InChI=1S/C19H16N2O2/c1-12-5-7-14(8-6-12)9-10-16(22)17-13(2)18-15(21-19(17)23)4-3-11-20-18/h3-11H,1-2H3,(H,21,23). The fourth-order valence-electron chi connectivity index (χ4n) is 2.51. The van der Waals surface area contributed by atoms with Crippen molar-refractivity contribution in [2.24, 2.45) is 0 Å². The van der Waals surface area contributed by atoms with Gasteiger partial charge in [-0.15, -0.1) is 0 Å². The predicted octanol–water partition coefficient (Wildman–Crippen LogP) is 3.44. The lowest BCUT2D eigenvalue weighted by Crippen LogP contribution is -2.19. The first kappa shape index (κ1) is 14.9. The van der Waals surface area contributed by atoms with E-state index in [1.807, 2.05) is 31.2 Å². The molecule has 0 saturated carbocycles. The molecule has 0 amide bonds. The van der Waals surface area contributed by atoms with E-state index in [1.54, 1.807) is 31.3 Å². The first-order valence-electron chi connectivity index (χ1n) is 7.33. The van der Waals surface area contributed by atoms with Gasteiger partial charge < -0.3 is 4.98 Å². The second-order valence-electron chi connectivity index (χ2n) is 5.46. The molecule has 0 spiro atoms. The number of pyridine rings is 2. The molecular formula is C19H16N2O2. The molecule has 4 heteroatoms. The van der Waals surface area contributed by atoms with E-state index in [2.05, 4.69) is 9.97 Å². The SMILES string of the molecule is Cc1ccc(C=CC(=O)c2c(C)c3ncccc3[nH]c2=O)cc1. The fraction of sp³-hybridized carbons (Fsp3) is 0.105. The molecule has 2 aromatic heterocycles. The number of nitrogens with one attached hydrogen (secondary N) is 1. The molecule has 4 nitrogen and oxygen atoms in total. The average Bonchev–Trinajstić information content (AvgIpc) is 2.54. The highest BCUT2D eigenvalue weighted by molar-refractivity contribution is 6.09. The van der Waals surface area contributed by atoms with E-state index in [0.717, 1.165) is 11.1 Å². The second-order valence-corrected chi connectivity index (χ2v) is 5.46. The van der Waals surface area contributed by atoms with Gasteiger partial charge in [-0.25, -0.2) is 0 Å². The molecule has 0 atom stereocenters. The smallest absolute Gasteiger partial charge is 0.260 e. The third kappa shape index (κ3) is 2.97. The summed E-state index contributed by atoms with van der Waals surface area (Å²) in [6, 6.07) is 11.3. The van der Waals surface area contributed by atoms with E-state index in [-0.39, 0.29) is 16.9 Å². The lowest BCUT2D eigenvalue weighted by molar-refractivity contribution is 0.104. The maximum absolute atomic E-state index is 12.4. The quantitative estimate of drug-likeness (QED) is 0.595. The molecule has 0 aliphatic heterocycles. The number of allylic oxidation sites excluding steroid dienone is 1. The van der Waals surface area contributed by atoms with Crippen molar-refractivity contribution in [2.45, 2.75) is 13.8 Å². The number of nitrogens with zero attached hydrogens (tertiary/aromatic N) is 1. The summed E-state index contributed by atoms with van der Waals surface area (Å²) in [5, 5.41) is 0. The molecule has 0 radical (unpaired) electrons. The maximum Gasteiger partial charge on any atom is 0.260 e. The Hall–Kier alpha value is -3.01. The van der Waals surface area contributed by atoms with Gasteiger partial charge in [0.05, 0.1) is 16.6 Å². The normalized spacial score (nSPS) is 11.2. The van der Waals surface area contributed by atoms with Gasteiger partial charge in [0, 0.05) is 6.20 Å². The number of H-pyrrole nitrogens is 1. The van der Waals surface area contributed by atoms with E-state index >= 15 is 0 Å². The highest BCUT2D eigenvalue weighted by atomic mass is 16.1. The number of hydrogen-bond acceptors (Lipinski definition) is 3. The lowest BCUT2D eigenvalue weighted by Gasteiger charge is -2.05. The number of aromatic nitrogens is 2. The largest absolute Gasteiger partial charge is 0.320 e. The Labute approximate surface area is 133 Å². The minimum absolute atomic E-state index is 0.138. The van der Waals surface area contributed by atoms with Crippen molar-refractivity contribution in [3.8, 4) is 0 Å². The molecule has 0 fully saturated rings. The van der Waals surface area contributed by atoms with Gasteiger partial charge in [-0.1, -0.05) is 35.9 Å². The summed E-state index contributed by atoms with van der Waals surface area (Å²) in [4.78, 5) is 31.6. The van der Waals surface area contributed by atoms with Crippen LogP contribution in [-0.2, 0) is 0 Å². The van der Waals surface area contributed by atoms with Crippen LogP contribution in [0.25, 0.3) is 17.1 Å². The van der Waals surface area contributed by atoms with Crippen LogP contribution in [0.2, 0.25) is 0 Å². The zero-order chi connectivity index (χ0) is 16.4. The van der Waals surface area contributed by atoms with Crippen molar-refractivity contribution in [1.82, 2.24) is 9.97 Å². The van der Waals surface area contributed by atoms with Crippen LogP contribution in [0.4, 0.5) is 0 Å². The number of aryl methyl sites for hydroxylation is 2. The van der Waals surface area contributed by atoms with Crippen molar-refractivity contribution in [2.75, 3.05) is 0 Å². The van der Waals surface area contributed by atoms with Gasteiger partial charge >= 0.3 is 0 Å². The van der Waals surface area contributed by atoms with Crippen molar-refractivity contribution < 1.29 is 4.79 Å². The summed E-state index contributed by atoms with van der Waals surface area (Å²) < 4.78 is 0. The molecule has 114 valence electrons. The number of carbonyl (C=O) groups is 1. The van der Waals surface area contributed by atoms with Gasteiger partial charge in [-0.05, 0) is 43.2 Å².